The van der Waals surface area contributed by atoms with Crippen molar-refractivity contribution in [3.63, 3.8) is 0 Å². The first-order chi connectivity index (χ1) is 13.1. The molecule has 4 rings (SSSR count). The summed E-state index contributed by atoms with van der Waals surface area (Å²) in [5, 5.41) is 6.00. The Morgan fingerprint density at radius 2 is 2.11 bits per heavy atom. The summed E-state index contributed by atoms with van der Waals surface area (Å²) < 4.78 is 0. The number of hydrogen-bond donors (Lipinski definition) is 2. The maximum Gasteiger partial charge on any atom is 0.251 e. The van der Waals surface area contributed by atoms with Gasteiger partial charge in [-0.1, -0.05) is 6.92 Å². The number of likely N-dealkylation sites (tertiary alicyclic amines) is 1. The van der Waals surface area contributed by atoms with E-state index >= 15 is 0 Å². The largest absolute Gasteiger partial charge is 0.358 e. The molecule has 0 spiro atoms. The van der Waals surface area contributed by atoms with Gasteiger partial charge < -0.3 is 20.4 Å². The van der Waals surface area contributed by atoms with Crippen molar-refractivity contribution in [3.05, 3.63) is 23.8 Å². The summed E-state index contributed by atoms with van der Waals surface area (Å²) in [5.41, 5.74) is 2.40. The molecule has 1 aromatic carbocycles. The Kier molecular flexibility index (Phi) is 5.34. The van der Waals surface area contributed by atoms with Gasteiger partial charge in [-0.3, -0.25) is 9.59 Å². The van der Waals surface area contributed by atoms with E-state index < -0.39 is 0 Å². The highest BCUT2D eigenvalue weighted by atomic mass is 16.2. The second kappa shape index (κ2) is 7.89. The van der Waals surface area contributed by atoms with E-state index in [2.05, 4.69) is 27.4 Å². The fourth-order valence-corrected chi connectivity index (χ4v) is 4.67. The lowest BCUT2D eigenvalue weighted by molar-refractivity contribution is -0.117. The monoisotopic (exact) mass is 370 g/mol. The van der Waals surface area contributed by atoms with Gasteiger partial charge in [0.15, 0.2) is 0 Å². The van der Waals surface area contributed by atoms with Gasteiger partial charge in [0.2, 0.25) is 5.91 Å². The molecule has 2 N–H and O–H groups in total. The van der Waals surface area contributed by atoms with Gasteiger partial charge in [-0.15, -0.1) is 0 Å². The van der Waals surface area contributed by atoms with Crippen molar-refractivity contribution in [1.29, 1.82) is 0 Å². The Morgan fingerprint density at radius 1 is 1.26 bits per heavy atom. The van der Waals surface area contributed by atoms with E-state index in [0.29, 0.717) is 12.1 Å². The van der Waals surface area contributed by atoms with Gasteiger partial charge in [-0.25, -0.2) is 0 Å². The van der Waals surface area contributed by atoms with E-state index in [-0.39, 0.29) is 17.9 Å². The molecular formula is C21H30N4O2. The molecule has 1 aromatic rings. The average Bonchev–Trinajstić information content (AvgIpc) is 3.15. The first kappa shape index (κ1) is 18.3. The van der Waals surface area contributed by atoms with E-state index in [0.717, 1.165) is 49.6 Å². The van der Waals surface area contributed by atoms with Gasteiger partial charge in [-0.2, -0.15) is 0 Å². The number of carbonyl (C=O) groups is 2. The number of amides is 2. The molecule has 0 saturated carbocycles. The lowest BCUT2D eigenvalue weighted by atomic mass is 10.0. The fraction of sp³-hybridized carbons (Fsp3) is 0.619. The van der Waals surface area contributed by atoms with Gasteiger partial charge >= 0.3 is 0 Å². The zero-order chi connectivity index (χ0) is 18.8. The van der Waals surface area contributed by atoms with Crippen LogP contribution in [0, 0.1) is 5.92 Å². The minimum absolute atomic E-state index is 0.0466. The number of hydrogen-bond acceptors (Lipinski definition) is 4. The third kappa shape index (κ3) is 3.95. The van der Waals surface area contributed by atoms with Gasteiger partial charge in [0.1, 0.15) is 6.04 Å². The maximum atomic E-state index is 12.5. The highest BCUT2D eigenvalue weighted by Crippen LogP contribution is 2.37. The Hall–Kier alpha value is -2.08. The third-order valence-corrected chi connectivity index (χ3v) is 6.06. The number of nitrogens with zero attached hydrogens (tertiary/aromatic N) is 2. The number of nitrogens with one attached hydrogen (secondary N) is 2. The number of benzene rings is 1. The molecule has 3 aliphatic rings. The molecule has 0 aliphatic carbocycles. The van der Waals surface area contributed by atoms with Crippen LogP contribution in [0.3, 0.4) is 0 Å². The maximum absolute atomic E-state index is 12.5. The van der Waals surface area contributed by atoms with Crippen molar-refractivity contribution < 1.29 is 9.59 Å². The van der Waals surface area contributed by atoms with Crippen LogP contribution in [-0.2, 0) is 4.79 Å². The van der Waals surface area contributed by atoms with Gasteiger partial charge in [-0.05, 0) is 69.3 Å². The molecule has 3 aliphatic heterocycles. The van der Waals surface area contributed by atoms with E-state index in [4.69, 9.17) is 0 Å². The molecule has 6 heteroatoms. The van der Waals surface area contributed by atoms with Crippen LogP contribution >= 0.6 is 0 Å². The number of carbonyl (C=O) groups excluding carboxylic acids is 2. The van der Waals surface area contributed by atoms with Crippen molar-refractivity contribution in [2.24, 2.45) is 5.92 Å². The number of anilines is 2. The summed E-state index contributed by atoms with van der Waals surface area (Å²) in [7, 11) is 0. The molecule has 2 atom stereocenters. The topological polar surface area (TPSA) is 64.7 Å². The Bertz CT molecular complexity index is 720. The lowest BCUT2D eigenvalue weighted by Gasteiger charge is -2.33. The highest BCUT2D eigenvalue weighted by molar-refractivity contribution is 6.06. The summed E-state index contributed by atoms with van der Waals surface area (Å²) in [4.78, 5) is 29.4. The lowest BCUT2D eigenvalue weighted by Crippen LogP contribution is -2.44. The molecule has 2 saturated heterocycles. The van der Waals surface area contributed by atoms with E-state index in [1.165, 1.54) is 25.9 Å². The number of fused-ring (bicyclic) bond motifs is 3. The van der Waals surface area contributed by atoms with Crippen LogP contribution in [0.1, 0.15) is 49.4 Å². The molecule has 2 unspecified atom stereocenters. The van der Waals surface area contributed by atoms with E-state index in [1.54, 1.807) is 0 Å². The summed E-state index contributed by atoms with van der Waals surface area (Å²) in [5.74, 6) is 0.769. The molecule has 27 heavy (non-hydrogen) atoms. The van der Waals surface area contributed by atoms with Crippen LogP contribution < -0.4 is 15.5 Å². The Morgan fingerprint density at radius 3 is 2.96 bits per heavy atom. The second-order valence-electron chi connectivity index (χ2n) is 8.23. The summed E-state index contributed by atoms with van der Waals surface area (Å²) in [6.45, 7) is 7.30. The molecule has 3 heterocycles. The molecule has 2 amide bonds. The zero-order valence-electron chi connectivity index (χ0n) is 16.2. The average molecular weight is 370 g/mol. The smallest absolute Gasteiger partial charge is 0.251 e. The van der Waals surface area contributed by atoms with E-state index in [9.17, 15) is 9.59 Å². The Labute approximate surface area is 161 Å². The molecular weight excluding hydrogens is 340 g/mol. The summed E-state index contributed by atoms with van der Waals surface area (Å²) in [6, 6.07) is 5.60. The molecule has 6 nitrogen and oxygen atoms in total. The highest BCUT2D eigenvalue weighted by Gasteiger charge is 2.36. The summed E-state index contributed by atoms with van der Waals surface area (Å²) in [6.07, 6.45) is 5.53. The minimum atomic E-state index is -0.0670. The van der Waals surface area contributed by atoms with Gasteiger partial charge in [0.25, 0.3) is 5.91 Å². The van der Waals surface area contributed by atoms with Crippen LogP contribution in [0.4, 0.5) is 11.4 Å². The van der Waals surface area contributed by atoms with Crippen molar-refractivity contribution >= 4 is 23.2 Å². The van der Waals surface area contributed by atoms with Gasteiger partial charge in [0.05, 0.1) is 11.4 Å². The molecule has 0 bridgehead atoms. The molecule has 0 radical (unpaired) electrons. The summed E-state index contributed by atoms with van der Waals surface area (Å²) >= 11 is 0. The van der Waals surface area contributed by atoms with Crippen LogP contribution in [0.2, 0.25) is 0 Å². The normalized spacial score (nSPS) is 24.9. The van der Waals surface area contributed by atoms with Crippen LogP contribution in [0.15, 0.2) is 18.2 Å². The first-order valence-electron chi connectivity index (χ1n) is 10.3. The quantitative estimate of drug-likeness (QED) is 0.782. The predicted molar refractivity (Wildman–Crippen MR) is 107 cm³/mol. The Balaban J connectivity index is 1.30. The fourth-order valence-electron chi connectivity index (χ4n) is 4.67. The van der Waals surface area contributed by atoms with Crippen molar-refractivity contribution in [1.82, 2.24) is 10.2 Å². The number of rotatable bonds is 5. The third-order valence-electron chi connectivity index (χ3n) is 6.06. The second-order valence-corrected chi connectivity index (χ2v) is 8.23. The van der Waals surface area contributed by atoms with E-state index in [1.807, 2.05) is 18.2 Å². The van der Waals surface area contributed by atoms with Crippen molar-refractivity contribution in [3.8, 4) is 0 Å². The molecule has 146 valence electrons. The van der Waals surface area contributed by atoms with Crippen molar-refractivity contribution in [2.45, 2.75) is 45.1 Å². The number of piperidine rings is 1. The molecule has 2 fully saturated rings. The first-order valence-corrected chi connectivity index (χ1v) is 10.3. The predicted octanol–water partition coefficient (Wildman–Crippen LogP) is 2.46. The molecule has 0 aromatic heterocycles. The standard InChI is InChI=1S/C21H30N4O2/c1-15-5-2-10-24(14-15)11-4-9-22-20(26)16-7-8-18-17(13-16)23-21(27)19-6-3-12-25(18)19/h7-8,13,15,19H,2-6,9-12,14H2,1H3,(H,22,26)(H,23,27). The minimum Gasteiger partial charge on any atom is -0.358 e. The zero-order valence-corrected chi connectivity index (χ0v) is 16.2. The van der Waals surface area contributed by atoms with Gasteiger partial charge in [0, 0.05) is 25.2 Å². The van der Waals surface area contributed by atoms with Crippen molar-refractivity contribution in [2.75, 3.05) is 42.9 Å². The SMILES string of the molecule is CC1CCCN(CCCNC(=O)c2ccc3c(c2)NC(=O)C2CCCN32)C1. The van der Waals surface area contributed by atoms with Crippen LogP contribution in [0.25, 0.3) is 0 Å². The van der Waals surface area contributed by atoms with Crippen LogP contribution in [0.5, 0.6) is 0 Å². The van der Waals surface area contributed by atoms with Crippen LogP contribution in [-0.4, -0.2) is 55.5 Å².